The third-order valence-electron chi connectivity index (χ3n) is 3.94. The number of halogens is 3. The van der Waals surface area contributed by atoms with E-state index >= 15 is 0 Å². The van der Waals surface area contributed by atoms with Gasteiger partial charge in [-0.2, -0.15) is 0 Å². The fourth-order valence-electron chi connectivity index (χ4n) is 2.64. The fourth-order valence-corrected chi connectivity index (χ4v) is 3.00. The number of nitrogens with one attached hydrogen (secondary N) is 2. The lowest BCUT2D eigenvalue weighted by Gasteiger charge is -2.13. The Kier molecular flexibility index (Phi) is 5.65. The molecule has 0 radical (unpaired) electrons. The first kappa shape index (κ1) is 17.8. The van der Waals surface area contributed by atoms with E-state index in [2.05, 4.69) is 26.6 Å². The van der Waals surface area contributed by atoms with Gasteiger partial charge in [0.1, 0.15) is 11.6 Å². The molecular formula is C18H17BrF2N2O2. The second kappa shape index (κ2) is 7.93. The van der Waals surface area contributed by atoms with E-state index < -0.39 is 17.5 Å². The summed E-state index contributed by atoms with van der Waals surface area (Å²) in [5.74, 6) is -1.78. The predicted molar refractivity (Wildman–Crippen MR) is 95.9 cm³/mol. The van der Waals surface area contributed by atoms with Crippen molar-refractivity contribution in [1.82, 2.24) is 0 Å². The van der Waals surface area contributed by atoms with Crippen molar-refractivity contribution in [2.24, 2.45) is 0 Å². The van der Waals surface area contributed by atoms with Crippen LogP contribution in [0.25, 0.3) is 0 Å². The van der Waals surface area contributed by atoms with Gasteiger partial charge in [-0.15, -0.1) is 0 Å². The van der Waals surface area contributed by atoms with E-state index in [0.29, 0.717) is 16.7 Å². The highest BCUT2D eigenvalue weighted by atomic mass is 79.9. The average molecular weight is 411 g/mol. The molecule has 1 aliphatic heterocycles. The number of rotatable bonds is 5. The van der Waals surface area contributed by atoms with Crippen molar-refractivity contribution in [3.05, 3.63) is 58.1 Å². The molecule has 25 heavy (non-hydrogen) atoms. The summed E-state index contributed by atoms with van der Waals surface area (Å²) in [5, 5.41) is 5.50. The van der Waals surface area contributed by atoms with Gasteiger partial charge >= 0.3 is 0 Å². The molecule has 0 saturated carbocycles. The monoisotopic (exact) mass is 410 g/mol. The number of anilines is 2. The molecule has 0 aromatic heterocycles. The molecule has 1 unspecified atom stereocenters. The lowest BCUT2D eigenvalue weighted by atomic mass is 10.2. The summed E-state index contributed by atoms with van der Waals surface area (Å²) in [6, 6.07) is 8.37. The van der Waals surface area contributed by atoms with Crippen molar-refractivity contribution >= 4 is 33.2 Å². The zero-order valence-electron chi connectivity index (χ0n) is 13.3. The zero-order chi connectivity index (χ0) is 17.8. The van der Waals surface area contributed by atoms with Gasteiger partial charge in [-0.3, -0.25) is 4.79 Å². The topological polar surface area (TPSA) is 50.4 Å². The molecule has 7 heteroatoms. The number of amides is 1. The second-order valence-corrected chi connectivity index (χ2v) is 6.70. The first-order chi connectivity index (χ1) is 12.0. The molecule has 1 aliphatic rings. The Hall–Kier alpha value is -1.99. The van der Waals surface area contributed by atoms with Crippen molar-refractivity contribution in [1.29, 1.82) is 0 Å². The Bertz CT molecular complexity index is 780. The van der Waals surface area contributed by atoms with Crippen LogP contribution in [0.5, 0.6) is 0 Å². The smallest absolute Gasteiger partial charge is 0.258 e. The lowest BCUT2D eigenvalue weighted by molar-refractivity contribution is 0.102. The van der Waals surface area contributed by atoms with Gasteiger partial charge in [-0.1, -0.05) is 15.9 Å². The van der Waals surface area contributed by atoms with Gasteiger partial charge in [0.25, 0.3) is 5.91 Å². The maximum Gasteiger partial charge on any atom is 0.258 e. The maximum atomic E-state index is 14.2. The maximum absolute atomic E-state index is 14.2. The largest absolute Gasteiger partial charge is 0.380 e. The van der Waals surface area contributed by atoms with E-state index in [4.69, 9.17) is 4.74 Å². The van der Waals surface area contributed by atoms with Crippen LogP contribution in [0.1, 0.15) is 23.2 Å². The molecule has 1 amide bonds. The average Bonchev–Trinajstić information content (AvgIpc) is 3.09. The minimum absolute atomic E-state index is 0.0956. The molecule has 1 saturated heterocycles. The van der Waals surface area contributed by atoms with Gasteiger partial charge < -0.3 is 15.4 Å². The standard InChI is InChI=1S/C18H17BrF2N2O2/c19-11-3-5-15(20)14(8-11)18(24)23-12-4-6-17(16(21)9-12)22-10-13-2-1-7-25-13/h3-6,8-9,13,22H,1-2,7,10H2,(H,23,24). The Labute approximate surface area is 152 Å². The van der Waals surface area contributed by atoms with Gasteiger partial charge in [-0.25, -0.2) is 8.78 Å². The fraction of sp³-hybridized carbons (Fsp3) is 0.278. The van der Waals surface area contributed by atoms with Crippen LogP contribution in [-0.2, 0) is 4.74 Å². The number of carbonyl (C=O) groups excluding carboxylic acids is 1. The molecule has 0 aliphatic carbocycles. The van der Waals surface area contributed by atoms with Gasteiger partial charge in [-0.05, 0) is 49.2 Å². The second-order valence-electron chi connectivity index (χ2n) is 5.79. The molecule has 1 atom stereocenters. The van der Waals surface area contributed by atoms with Crippen molar-refractivity contribution in [2.45, 2.75) is 18.9 Å². The zero-order valence-corrected chi connectivity index (χ0v) is 14.9. The summed E-state index contributed by atoms with van der Waals surface area (Å²) >= 11 is 3.19. The quantitative estimate of drug-likeness (QED) is 0.758. The first-order valence-corrected chi connectivity index (χ1v) is 8.73. The highest BCUT2D eigenvalue weighted by molar-refractivity contribution is 9.10. The SMILES string of the molecule is O=C(Nc1ccc(NCC2CCCO2)c(F)c1)c1cc(Br)ccc1F. The summed E-state index contributed by atoms with van der Waals surface area (Å²) < 4.78 is 34.0. The van der Waals surface area contributed by atoms with Gasteiger partial charge in [0.2, 0.25) is 0 Å². The summed E-state index contributed by atoms with van der Waals surface area (Å²) in [4.78, 5) is 12.2. The first-order valence-electron chi connectivity index (χ1n) is 7.94. The summed E-state index contributed by atoms with van der Waals surface area (Å²) in [6.07, 6.45) is 2.07. The lowest BCUT2D eigenvalue weighted by Crippen LogP contribution is -2.19. The molecule has 132 valence electrons. The number of carbonyl (C=O) groups is 1. The predicted octanol–water partition coefficient (Wildman–Crippen LogP) is 4.57. The van der Waals surface area contributed by atoms with Gasteiger partial charge in [0, 0.05) is 23.3 Å². The van der Waals surface area contributed by atoms with Crippen LogP contribution in [0.15, 0.2) is 40.9 Å². The molecule has 2 aromatic rings. The van der Waals surface area contributed by atoms with Crippen LogP contribution in [0.2, 0.25) is 0 Å². The molecule has 2 aromatic carbocycles. The van der Waals surface area contributed by atoms with Crippen molar-refractivity contribution in [2.75, 3.05) is 23.8 Å². The van der Waals surface area contributed by atoms with Crippen LogP contribution >= 0.6 is 15.9 Å². The van der Waals surface area contributed by atoms with Crippen LogP contribution in [0.4, 0.5) is 20.2 Å². The Morgan fingerprint density at radius 1 is 1.20 bits per heavy atom. The van der Waals surface area contributed by atoms with Crippen LogP contribution < -0.4 is 10.6 Å². The number of benzene rings is 2. The number of hydrogen-bond donors (Lipinski definition) is 2. The van der Waals surface area contributed by atoms with Crippen LogP contribution in [-0.4, -0.2) is 25.2 Å². The van der Waals surface area contributed by atoms with E-state index in [1.165, 1.54) is 30.3 Å². The van der Waals surface area contributed by atoms with E-state index in [0.717, 1.165) is 19.4 Å². The normalized spacial score (nSPS) is 16.7. The number of hydrogen-bond acceptors (Lipinski definition) is 3. The molecule has 0 bridgehead atoms. The molecule has 1 fully saturated rings. The van der Waals surface area contributed by atoms with E-state index in [-0.39, 0.29) is 17.4 Å². The van der Waals surface area contributed by atoms with Crippen molar-refractivity contribution < 1.29 is 18.3 Å². The molecule has 3 rings (SSSR count). The Balaban J connectivity index is 1.65. The molecule has 2 N–H and O–H groups in total. The highest BCUT2D eigenvalue weighted by Gasteiger charge is 2.16. The minimum Gasteiger partial charge on any atom is -0.380 e. The Morgan fingerprint density at radius 3 is 2.76 bits per heavy atom. The van der Waals surface area contributed by atoms with Crippen molar-refractivity contribution in [3.63, 3.8) is 0 Å². The number of ether oxygens (including phenoxy) is 1. The van der Waals surface area contributed by atoms with E-state index in [1.807, 2.05) is 0 Å². The van der Waals surface area contributed by atoms with Crippen LogP contribution in [0, 0.1) is 11.6 Å². The van der Waals surface area contributed by atoms with E-state index in [1.54, 1.807) is 6.07 Å². The van der Waals surface area contributed by atoms with Gasteiger partial charge in [0.05, 0.1) is 17.4 Å². The molecular weight excluding hydrogens is 394 g/mol. The van der Waals surface area contributed by atoms with E-state index in [9.17, 15) is 13.6 Å². The molecule has 4 nitrogen and oxygen atoms in total. The third-order valence-corrected chi connectivity index (χ3v) is 4.44. The van der Waals surface area contributed by atoms with Gasteiger partial charge in [0.15, 0.2) is 0 Å². The highest BCUT2D eigenvalue weighted by Crippen LogP contribution is 2.22. The van der Waals surface area contributed by atoms with Crippen molar-refractivity contribution in [3.8, 4) is 0 Å². The summed E-state index contributed by atoms with van der Waals surface area (Å²) in [5.41, 5.74) is 0.474. The van der Waals surface area contributed by atoms with Crippen LogP contribution in [0.3, 0.4) is 0 Å². The minimum atomic E-state index is -0.643. The summed E-state index contributed by atoms with van der Waals surface area (Å²) in [7, 11) is 0. The molecule has 1 heterocycles. The summed E-state index contributed by atoms with van der Waals surface area (Å²) in [6.45, 7) is 1.28. The Morgan fingerprint density at radius 2 is 2.04 bits per heavy atom. The third kappa shape index (κ3) is 4.55. The molecule has 0 spiro atoms.